The van der Waals surface area contributed by atoms with Gasteiger partial charge in [0.15, 0.2) is 0 Å². The first-order valence-corrected chi connectivity index (χ1v) is 7.96. The van der Waals surface area contributed by atoms with Crippen molar-refractivity contribution in [1.29, 1.82) is 0 Å². The van der Waals surface area contributed by atoms with Gasteiger partial charge in [0.05, 0.1) is 5.75 Å². The first-order chi connectivity index (χ1) is 8.74. The maximum absolute atomic E-state index is 11.8. The van der Waals surface area contributed by atoms with Gasteiger partial charge in [0.1, 0.15) is 0 Å². The fourth-order valence-corrected chi connectivity index (χ4v) is 3.18. The molecule has 1 aromatic rings. The van der Waals surface area contributed by atoms with E-state index in [-0.39, 0.29) is 5.91 Å². The average molecular weight is 329 g/mol. The maximum Gasteiger partial charge on any atom is 0.234 e. The minimum atomic E-state index is 0.0841. The Morgan fingerprint density at radius 2 is 2.00 bits per heavy atom. The molecule has 3 nitrogen and oxygen atoms in total. The molecule has 18 heavy (non-hydrogen) atoms. The highest BCUT2D eigenvalue weighted by atomic mass is 79.9. The molecule has 0 aliphatic carbocycles. The van der Waals surface area contributed by atoms with Crippen LogP contribution in [0.1, 0.15) is 12.8 Å². The van der Waals surface area contributed by atoms with Gasteiger partial charge in [0.2, 0.25) is 5.91 Å². The van der Waals surface area contributed by atoms with E-state index in [1.54, 1.807) is 11.8 Å². The first-order valence-electron chi connectivity index (χ1n) is 6.12. The van der Waals surface area contributed by atoms with Crippen LogP contribution in [0.3, 0.4) is 0 Å². The van der Waals surface area contributed by atoms with Crippen molar-refractivity contribution < 1.29 is 4.79 Å². The third-order valence-electron chi connectivity index (χ3n) is 2.86. The number of hydrogen-bond donors (Lipinski definition) is 2. The molecule has 0 atom stereocenters. The Bertz CT molecular complexity index is 390. The molecule has 1 aliphatic rings. The second kappa shape index (κ2) is 7.16. The van der Waals surface area contributed by atoms with Crippen molar-refractivity contribution in [2.24, 2.45) is 0 Å². The fraction of sp³-hybridized carbons (Fsp3) is 0.462. The van der Waals surface area contributed by atoms with E-state index in [1.165, 1.54) is 0 Å². The van der Waals surface area contributed by atoms with Crippen molar-refractivity contribution in [2.45, 2.75) is 18.1 Å². The van der Waals surface area contributed by atoms with Crippen LogP contribution in [0.15, 0.2) is 28.7 Å². The minimum Gasteiger partial charge on any atom is -0.325 e. The van der Waals surface area contributed by atoms with Crippen molar-refractivity contribution in [3.8, 4) is 0 Å². The van der Waals surface area contributed by atoms with Crippen molar-refractivity contribution >= 4 is 39.3 Å². The molecule has 0 spiro atoms. The molecule has 0 radical (unpaired) electrons. The highest BCUT2D eigenvalue weighted by Crippen LogP contribution is 2.20. The molecule has 0 unspecified atom stereocenters. The minimum absolute atomic E-state index is 0.0841. The van der Waals surface area contributed by atoms with Gasteiger partial charge >= 0.3 is 0 Å². The number of carbonyl (C=O) groups excluding carboxylic acids is 1. The zero-order valence-electron chi connectivity index (χ0n) is 10.1. The lowest BCUT2D eigenvalue weighted by Gasteiger charge is -2.21. The molecule has 0 bridgehead atoms. The standard InChI is InChI=1S/C13H17BrN2OS/c14-10-1-3-11(4-2-10)16-13(17)9-18-12-5-7-15-8-6-12/h1-4,12,15H,5-9H2,(H,16,17). The SMILES string of the molecule is O=C(CSC1CCNCC1)Nc1ccc(Br)cc1. The van der Waals surface area contributed by atoms with Crippen LogP contribution in [-0.4, -0.2) is 30.0 Å². The largest absolute Gasteiger partial charge is 0.325 e. The molecule has 2 rings (SSSR count). The lowest BCUT2D eigenvalue weighted by Crippen LogP contribution is -2.30. The Labute approximate surface area is 120 Å². The maximum atomic E-state index is 11.8. The van der Waals surface area contributed by atoms with E-state index in [1.807, 2.05) is 24.3 Å². The molecule has 1 aliphatic heterocycles. The second-order valence-electron chi connectivity index (χ2n) is 4.32. The smallest absolute Gasteiger partial charge is 0.234 e. The van der Waals surface area contributed by atoms with E-state index in [0.717, 1.165) is 36.1 Å². The summed E-state index contributed by atoms with van der Waals surface area (Å²) < 4.78 is 1.02. The Morgan fingerprint density at radius 3 is 2.67 bits per heavy atom. The predicted octanol–water partition coefficient (Wildman–Crippen LogP) is 2.87. The van der Waals surface area contributed by atoms with Crippen LogP contribution in [0.2, 0.25) is 0 Å². The van der Waals surface area contributed by atoms with E-state index in [4.69, 9.17) is 0 Å². The Hall–Kier alpha value is -0.520. The third kappa shape index (κ3) is 4.63. The summed E-state index contributed by atoms with van der Waals surface area (Å²) in [6, 6.07) is 7.65. The molecule has 1 amide bonds. The van der Waals surface area contributed by atoms with Crippen LogP contribution < -0.4 is 10.6 Å². The van der Waals surface area contributed by atoms with E-state index >= 15 is 0 Å². The Balaban J connectivity index is 1.73. The molecule has 98 valence electrons. The zero-order chi connectivity index (χ0) is 12.8. The van der Waals surface area contributed by atoms with Crippen LogP contribution in [0.4, 0.5) is 5.69 Å². The molecule has 1 fully saturated rings. The summed E-state index contributed by atoms with van der Waals surface area (Å²) in [7, 11) is 0. The van der Waals surface area contributed by atoms with Gasteiger partial charge in [0, 0.05) is 15.4 Å². The summed E-state index contributed by atoms with van der Waals surface area (Å²) >= 11 is 5.14. The number of rotatable bonds is 4. The van der Waals surface area contributed by atoms with Gasteiger partial charge in [-0.3, -0.25) is 4.79 Å². The molecule has 1 saturated heterocycles. The molecule has 0 saturated carbocycles. The first kappa shape index (κ1) is 13.9. The van der Waals surface area contributed by atoms with E-state index in [0.29, 0.717) is 11.0 Å². The monoisotopic (exact) mass is 328 g/mol. The van der Waals surface area contributed by atoms with Crippen LogP contribution in [0.25, 0.3) is 0 Å². The quantitative estimate of drug-likeness (QED) is 0.892. The van der Waals surface area contributed by atoms with Crippen LogP contribution in [0, 0.1) is 0 Å². The van der Waals surface area contributed by atoms with Gasteiger partial charge < -0.3 is 10.6 Å². The summed E-state index contributed by atoms with van der Waals surface area (Å²) in [5.41, 5.74) is 0.856. The summed E-state index contributed by atoms with van der Waals surface area (Å²) in [5.74, 6) is 0.627. The van der Waals surface area contributed by atoms with Crippen molar-refractivity contribution in [2.75, 3.05) is 24.2 Å². The van der Waals surface area contributed by atoms with Crippen molar-refractivity contribution in [3.05, 3.63) is 28.7 Å². The molecule has 1 heterocycles. The van der Waals surface area contributed by atoms with Crippen molar-refractivity contribution in [3.63, 3.8) is 0 Å². The molecule has 0 aromatic heterocycles. The molecule has 5 heteroatoms. The Morgan fingerprint density at radius 1 is 1.33 bits per heavy atom. The van der Waals surface area contributed by atoms with E-state index in [9.17, 15) is 4.79 Å². The van der Waals surface area contributed by atoms with Gasteiger partial charge in [0.25, 0.3) is 0 Å². The second-order valence-corrected chi connectivity index (χ2v) is 6.52. The van der Waals surface area contributed by atoms with Crippen LogP contribution in [-0.2, 0) is 4.79 Å². The summed E-state index contributed by atoms with van der Waals surface area (Å²) in [6.07, 6.45) is 2.33. The molecular formula is C13H17BrN2OS. The number of anilines is 1. The number of hydrogen-bond acceptors (Lipinski definition) is 3. The third-order valence-corrected chi connectivity index (χ3v) is 4.76. The Kier molecular flexibility index (Phi) is 5.53. The zero-order valence-corrected chi connectivity index (χ0v) is 12.5. The topological polar surface area (TPSA) is 41.1 Å². The van der Waals surface area contributed by atoms with E-state index < -0.39 is 0 Å². The number of benzene rings is 1. The van der Waals surface area contributed by atoms with Crippen molar-refractivity contribution in [1.82, 2.24) is 5.32 Å². The average Bonchev–Trinajstić information content (AvgIpc) is 2.40. The molecule has 2 N–H and O–H groups in total. The molecule has 1 aromatic carbocycles. The predicted molar refractivity (Wildman–Crippen MR) is 81.1 cm³/mol. The van der Waals surface area contributed by atoms with Gasteiger partial charge in [-0.15, -0.1) is 11.8 Å². The highest BCUT2D eigenvalue weighted by molar-refractivity contribution is 9.10. The summed E-state index contributed by atoms with van der Waals surface area (Å²) in [4.78, 5) is 11.8. The van der Waals surface area contributed by atoms with Gasteiger partial charge in [-0.2, -0.15) is 0 Å². The van der Waals surface area contributed by atoms with Gasteiger partial charge in [-0.25, -0.2) is 0 Å². The molecular weight excluding hydrogens is 312 g/mol. The summed E-state index contributed by atoms with van der Waals surface area (Å²) in [5, 5.41) is 6.87. The number of amides is 1. The lowest BCUT2D eigenvalue weighted by molar-refractivity contribution is -0.113. The van der Waals surface area contributed by atoms with E-state index in [2.05, 4.69) is 26.6 Å². The van der Waals surface area contributed by atoms with Crippen LogP contribution in [0.5, 0.6) is 0 Å². The lowest BCUT2D eigenvalue weighted by atomic mass is 10.2. The number of piperidine rings is 1. The normalized spacial score (nSPS) is 16.5. The summed E-state index contributed by atoms with van der Waals surface area (Å²) in [6.45, 7) is 2.15. The highest BCUT2D eigenvalue weighted by Gasteiger charge is 2.14. The number of thioether (sulfide) groups is 1. The number of nitrogens with one attached hydrogen (secondary N) is 2. The number of halogens is 1. The van der Waals surface area contributed by atoms with Gasteiger partial charge in [-0.1, -0.05) is 15.9 Å². The van der Waals surface area contributed by atoms with Crippen LogP contribution >= 0.6 is 27.7 Å². The van der Waals surface area contributed by atoms with Gasteiger partial charge in [-0.05, 0) is 50.2 Å². The number of carbonyl (C=O) groups is 1. The fourth-order valence-electron chi connectivity index (χ4n) is 1.89.